The van der Waals surface area contributed by atoms with Crippen LogP contribution in [-0.4, -0.2) is 29.6 Å². The van der Waals surface area contributed by atoms with Crippen molar-refractivity contribution in [3.63, 3.8) is 0 Å². The standard InChI is InChI=1S/C21H28ClN3S/c1-5-25(6-2)19(17-10-8-7-9-11-17)14-23-21(26)24-20-16(4)12-15(3)13-18(20)22/h7-13,19H,5-6,14H2,1-4H3,(H2,23,24,26)/t19-/m0/s1. The number of nitrogens with zero attached hydrogens (tertiary/aromatic N) is 1. The van der Waals surface area contributed by atoms with E-state index < -0.39 is 0 Å². The lowest BCUT2D eigenvalue weighted by molar-refractivity contribution is 0.219. The molecule has 0 aromatic heterocycles. The van der Waals surface area contributed by atoms with Gasteiger partial charge in [-0.1, -0.05) is 61.8 Å². The lowest BCUT2D eigenvalue weighted by Crippen LogP contribution is -2.39. The van der Waals surface area contributed by atoms with Crippen molar-refractivity contribution in [2.75, 3.05) is 25.0 Å². The summed E-state index contributed by atoms with van der Waals surface area (Å²) < 4.78 is 0. The monoisotopic (exact) mass is 389 g/mol. The van der Waals surface area contributed by atoms with E-state index in [2.05, 4.69) is 59.7 Å². The van der Waals surface area contributed by atoms with Gasteiger partial charge in [-0.25, -0.2) is 0 Å². The minimum atomic E-state index is 0.264. The maximum absolute atomic E-state index is 6.37. The molecule has 0 bridgehead atoms. The lowest BCUT2D eigenvalue weighted by atomic mass is 10.1. The zero-order valence-electron chi connectivity index (χ0n) is 16.0. The van der Waals surface area contributed by atoms with Crippen molar-refractivity contribution in [2.45, 2.75) is 33.7 Å². The summed E-state index contributed by atoms with van der Waals surface area (Å²) in [6.07, 6.45) is 0. The summed E-state index contributed by atoms with van der Waals surface area (Å²) in [5.74, 6) is 0. The highest BCUT2D eigenvalue weighted by Gasteiger charge is 2.18. The van der Waals surface area contributed by atoms with Gasteiger partial charge in [0.1, 0.15) is 0 Å². The predicted octanol–water partition coefficient (Wildman–Crippen LogP) is 5.33. The average molecular weight is 390 g/mol. The van der Waals surface area contributed by atoms with Gasteiger partial charge in [-0.3, -0.25) is 4.90 Å². The lowest BCUT2D eigenvalue weighted by Gasteiger charge is -2.30. The molecule has 0 saturated heterocycles. The van der Waals surface area contributed by atoms with E-state index in [9.17, 15) is 0 Å². The second-order valence-electron chi connectivity index (χ2n) is 6.42. The van der Waals surface area contributed by atoms with Gasteiger partial charge in [0, 0.05) is 6.54 Å². The fourth-order valence-corrected chi connectivity index (χ4v) is 3.77. The Morgan fingerprint density at radius 2 is 1.77 bits per heavy atom. The van der Waals surface area contributed by atoms with Crippen LogP contribution >= 0.6 is 23.8 Å². The molecule has 2 aromatic carbocycles. The van der Waals surface area contributed by atoms with Gasteiger partial charge in [-0.15, -0.1) is 0 Å². The smallest absolute Gasteiger partial charge is 0.170 e. The number of anilines is 1. The van der Waals surface area contributed by atoms with E-state index in [1.807, 2.05) is 26.0 Å². The molecule has 2 rings (SSSR count). The Balaban J connectivity index is 2.08. The maximum atomic E-state index is 6.37. The summed E-state index contributed by atoms with van der Waals surface area (Å²) in [6, 6.07) is 14.9. The number of benzene rings is 2. The maximum Gasteiger partial charge on any atom is 0.170 e. The number of likely N-dealkylation sites (N-methyl/N-ethyl adjacent to an activating group) is 1. The molecule has 26 heavy (non-hydrogen) atoms. The SMILES string of the molecule is CCN(CC)[C@@H](CNC(=S)Nc1c(C)cc(C)cc1Cl)c1ccccc1. The number of hydrogen-bond donors (Lipinski definition) is 2. The van der Waals surface area contributed by atoms with E-state index in [4.69, 9.17) is 23.8 Å². The summed E-state index contributed by atoms with van der Waals surface area (Å²) >= 11 is 11.9. The first-order valence-electron chi connectivity index (χ1n) is 9.06. The van der Waals surface area contributed by atoms with Crippen molar-refractivity contribution >= 4 is 34.6 Å². The predicted molar refractivity (Wildman–Crippen MR) is 117 cm³/mol. The first kappa shape index (κ1) is 20.7. The van der Waals surface area contributed by atoms with Crippen molar-refractivity contribution in [1.82, 2.24) is 10.2 Å². The molecule has 0 heterocycles. The van der Waals surface area contributed by atoms with Crippen LogP contribution in [0, 0.1) is 13.8 Å². The van der Waals surface area contributed by atoms with Gasteiger partial charge in [0.05, 0.1) is 16.8 Å². The molecule has 5 heteroatoms. The van der Waals surface area contributed by atoms with Gasteiger partial charge < -0.3 is 10.6 Å². The Morgan fingerprint density at radius 3 is 2.35 bits per heavy atom. The molecular formula is C21H28ClN3S. The van der Waals surface area contributed by atoms with Gasteiger partial charge in [0.25, 0.3) is 0 Å². The van der Waals surface area contributed by atoms with Crippen LogP contribution < -0.4 is 10.6 Å². The van der Waals surface area contributed by atoms with Crippen LogP contribution in [0.2, 0.25) is 5.02 Å². The van der Waals surface area contributed by atoms with Crippen molar-refractivity contribution in [2.24, 2.45) is 0 Å². The quantitative estimate of drug-likeness (QED) is 0.626. The Labute approximate surface area is 167 Å². The third kappa shape index (κ3) is 5.44. The molecule has 1 atom stereocenters. The Kier molecular flexibility index (Phi) is 7.88. The van der Waals surface area contributed by atoms with Gasteiger partial charge >= 0.3 is 0 Å². The topological polar surface area (TPSA) is 27.3 Å². The zero-order chi connectivity index (χ0) is 19.1. The van der Waals surface area contributed by atoms with Crippen LogP contribution in [0.3, 0.4) is 0 Å². The first-order chi connectivity index (χ1) is 12.5. The minimum absolute atomic E-state index is 0.264. The summed E-state index contributed by atoms with van der Waals surface area (Å²) in [7, 11) is 0. The molecule has 0 radical (unpaired) electrons. The number of nitrogens with one attached hydrogen (secondary N) is 2. The molecule has 0 unspecified atom stereocenters. The third-order valence-corrected chi connectivity index (χ3v) is 5.11. The van der Waals surface area contributed by atoms with Crippen LogP contribution in [-0.2, 0) is 0 Å². The summed E-state index contributed by atoms with van der Waals surface area (Å²) in [4.78, 5) is 2.43. The largest absolute Gasteiger partial charge is 0.361 e. The van der Waals surface area contributed by atoms with Crippen molar-refractivity contribution in [3.05, 3.63) is 64.2 Å². The number of hydrogen-bond acceptors (Lipinski definition) is 2. The number of rotatable bonds is 7. The van der Waals surface area contributed by atoms with Crippen LogP contribution in [0.4, 0.5) is 5.69 Å². The van der Waals surface area contributed by atoms with Crippen LogP contribution in [0.15, 0.2) is 42.5 Å². The molecule has 0 aliphatic carbocycles. The normalized spacial score (nSPS) is 12.1. The highest BCUT2D eigenvalue weighted by molar-refractivity contribution is 7.80. The van der Waals surface area contributed by atoms with Crippen molar-refractivity contribution < 1.29 is 0 Å². The molecule has 2 N–H and O–H groups in total. The van der Waals surface area contributed by atoms with Crippen molar-refractivity contribution in [3.8, 4) is 0 Å². The third-order valence-electron chi connectivity index (χ3n) is 4.56. The molecule has 0 amide bonds. The summed E-state index contributed by atoms with van der Waals surface area (Å²) in [5.41, 5.74) is 4.38. The van der Waals surface area contributed by atoms with Gasteiger partial charge in [0.15, 0.2) is 5.11 Å². The van der Waals surface area contributed by atoms with Gasteiger partial charge in [0.2, 0.25) is 0 Å². The van der Waals surface area contributed by atoms with E-state index in [1.165, 1.54) is 5.56 Å². The molecule has 140 valence electrons. The van der Waals surface area contributed by atoms with E-state index >= 15 is 0 Å². The summed E-state index contributed by atoms with van der Waals surface area (Å²) in [6.45, 7) is 11.2. The molecular weight excluding hydrogens is 362 g/mol. The van der Waals surface area contributed by atoms with E-state index in [0.29, 0.717) is 10.1 Å². The second-order valence-corrected chi connectivity index (χ2v) is 7.24. The van der Waals surface area contributed by atoms with Gasteiger partial charge in [-0.05, 0) is 61.9 Å². The molecule has 3 nitrogen and oxygen atoms in total. The first-order valence-corrected chi connectivity index (χ1v) is 9.85. The van der Waals surface area contributed by atoms with Crippen LogP contribution in [0.1, 0.15) is 36.6 Å². The van der Waals surface area contributed by atoms with E-state index in [-0.39, 0.29) is 6.04 Å². The number of halogens is 1. The molecule has 0 saturated carbocycles. The fraction of sp³-hybridized carbons (Fsp3) is 0.381. The van der Waals surface area contributed by atoms with Crippen molar-refractivity contribution in [1.29, 1.82) is 0 Å². The fourth-order valence-electron chi connectivity index (χ4n) is 3.22. The molecule has 0 spiro atoms. The number of aryl methyl sites for hydroxylation is 2. The second kappa shape index (κ2) is 9.91. The zero-order valence-corrected chi connectivity index (χ0v) is 17.5. The molecule has 2 aromatic rings. The van der Waals surface area contributed by atoms with Crippen LogP contribution in [0.25, 0.3) is 0 Å². The van der Waals surface area contributed by atoms with E-state index in [0.717, 1.165) is 36.4 Å². The summed E-state index contributed by atoms with van der Waals surface area (Å²) in [5, 5.41) is 7.90. The van der Waals surface area contributed by atoms with E-state index in [1.54, 1.807) is 0 Å². The Hall–Kier alpha value is -1.62. The highest BCUT2D eigenvalue weighted by atomic mass is 35.5. The Morgan fingerprint density at radius 1 is 1.12 bits per heavy atom. The molecule has 0 aliphatic rings. The molecule has 0 fully saturated rings. The average Bonchev–Trinajstić information content (AvgIpc) is 2.62. The number of thiocarbonyl (C=S) groups is 1. The van der Waals surface area contributed by atoms with Crippen LogP contribution in [0.5, 0.6) is 0 Å². The molecule has 0 aliphatic heterocycles. The van der Waals surface area contributed by atoms with Gasteiger partial charge in [-0.2, -0.15) is 0 Å². The highest BCUT2D eigenvalue weighted by Crippen LogP contribution is 2.27. The minimum Gasteiger partial charge on any atom is -0.361 e. The Bertz CT molecular complexity index is 706.